The fourth-order valence-electron chi connectivity index (χ4n) is 8.47. The van der Waals surface area contributed by atoms with Crippen molar-refractivity contribution in [2.45, 2.75) is 0 Å². The first-order valence-electron chi connectivity index (χ1n) is 20.3. The van der Waals surface area contributed by atoms with Crippen LogP contribution >= 0.6 is 0 Å². The molecule has 9 aromatic carbocycles. The Bertz CT molecular complexity index is 3380. The summed E-state index contributed by atoms with van der Waals surface area (Å²) in [5.41, 5.74) is 13.1. The third-order valence-corrected chi connectivity index (χ3v) is 11.4. The maximum atomic E-state index is 5.12. The van der Waals surface area contributed by atoms with Gasteiger partial charge in [-0.05, 0) is 70.4 Å². The molecule has 0 aliphatic carbocycles. The molecule has 0 spiro atoms. The molecule has 0 unspecified atom stereocenters. The summed E-state index contributed by atoms with van der Waals surface area (Å²) in [6.45, 7) is 0. The highest BCUT2D eigenvalue weighted by atomic mass is 15.0. The van der Waals surface area contributed by atoms with E-state index in [1.54, 1.807) is 0 Å². The molecule has 0 aliphatic rings. The average Bonchev–Trinajstić information content (AvgIpc) is 3.88. The molecular formula is C56H38N4. The van der Waals surface area contributed by atoms with Crippen LogP contribution in [0.3, 0.4) is 0 Å². The van der Waals surface area contributed by atoms with Crippen LogP contribution in [0.1, 0.15) is 0 Å². The summed E-state index contributed by atoms with van der Waals surface area (Å²) >= 11 is 0. The van der Waals surface area contributed by atoms with E-state index in [9.17, 15) is 0 Å². The van der Waals surface area contributed by atoms with Gasteiger partial charge in [-0.1, -0.05) is 176 Å². The minimum absolute atomic E-state index is 0.707. The maximum Gasteiger partial charge on any atom is 0.160 e. The highest BCUT2D eigenvalue weighted by Gasteiger charge is 2.15. The van der Waals surface area contributed by atoms with Gasteiger partial charge in [-0.3, -0.25) is 0 Å². The van der Waals surface area contributed by atoms with Gasteiger partial charge in [0.15, 0.2) is 5.82 Å². The lowest BCUT2D eigenvalue weighted by Gasteiger charge is -2.12. The Balaban J connectivity index is 0.000000265. The minimum atomic E-state index is 0.707. The highest BCUT2D eigenvalue weighted by Crippen LogP contribution is 2.35. The summed E-state index contributed by atoms with van der Waals surface area (Å²) in [6, 6.07) is 78.8. The highest BCUT2D eigenvalue weighted by molar-refractivity contribution is 6.09. The summed E-state index contributed by atoms with van der Waals surface area (Å²) in [5.74, 6) is 0.707. The van der Waals surface area contributed by atoms with Gasteiger partial charge in [-0.15, -0.1) is 0 Å². The van der Waals surface area contributed by atoms with Crippen LogP contribution in [0.2, 0.25) is 0 Å². The van der Waals surface area contributed by atoms with Crippen molar-refractivity contribution in [2.24, 2.45) is 0 Å². The summed E-state index contributed by atoms with van der Waals surface area (Å²) in [5, 5.41) is 7.59. The van der Waals surface area contributed by atoms with E-state index in [-0.39, 0.29) is 0 Å². The molecule has 3 aromatic heterocycles. The fourth-order valence-corrected chi connectivity index (χ4v) is 8.47. The second-order valence-electron chi connectivity index (χ2n) is 15.1. The molecule has 4 nitrogen and oxygen atoms in total. The zero-order chi connectivity index (χ0) is 39.8. The Morgan fingerprint density at radius 1 is 0.317 bits per heavy atom. The second-order valence-corrected chi connectivity index (χ2v) is 15.1. The van der Waals surface area contributed by atoms with Crippen molar-refractivity contribution in [2.75, 3.05) is 0 Å². The van der Waals surface area contributed by atoms with Gasteiger partial charge in [0.05, 0.1) is 22.4 Å². The van der Waals surface area contributed by atoms with Crippen LogP contribution in [0.4, 0.5) is 0 Å². The van der Waals surface area contributed by atoms with Gasteiger partial charge in [0.25, 0.3) is 0 Å². The second kappa shape index (κ2) is 15.0. The lowest BCUT2D eigenvalue weighted by Crippen LogP contribution is -1.97. The SMILES string of the molecule is c1ccc(-c2nc(-c3ccc(-c4ccc5ccccc5c4)cc3)cc(-c3cccc(-n4c5ccccc5c5ccccc54)c3)n2)cc1.c1ccc2c(c1)[nH]c1ccccc12. The van der Waals surface area contributed by atoms with Gasteiger partial charge >= 0.3 is 0 Å². The fraction of sp³-hybridized carbons (Fsp3) is 0. The third kappa shape index (κ3) is 6.47. The van der Waals surface area contributed by atoms with Crippen molar-refractivity contribution in [1.29, 1.82) is 0 Å². The Morgan fingerprint density at radius 2 is 0.833 bits per heavy atom. The zero-order valence-electron chi connectivity index (χ0n) is 32.7. The molecule has 12 rings (SSSR count). The summed E-state index contributed by atoms with van der Waals surface area (Å²) < 4.78 is 2.35. The van der Waals surface area contributed by atoms with Crippen molar-refractivity contribution < 1.29 is 0 Å². The minimum Gasteiger partial charge on any atom is -0.355 e. The van der Waals surface area contributed by atoms with E-state index in [0.717, 1.165) is 33.8 Å². The topological polar surface area (TPSA) is 46.5 Å². The molecular weight excluding hydrogens is 729 g/mol. The van der Waals surface area contributed by atoms with E-state index >= 15 is 0 Å². The lowest BCUT2D eigenvalue weighted by atomic mass is 9.99. The molecule has 4 heteroatoms. The molecule has 60 heavy (non-hydrogen) atoms. The van der Waals surface area contributed by atoms with E-state index in [1.165, 1.54) is 65.5 Å². The van der Waals surface area contributed by atoms with Crippen LogP contribution in [0.25, 0.3) is 105 Å². The number of aromatic amines is 1. The summed E-state index contributed by atoms with van der Waals surface area (Å²) in [7, 11) is 0. The number of nitrogens with zero attached hydrogens (tertiary/aromatic N) is 3. The first-order valence-corrected chi connectivity index (χ1v) is 20.3. The van der Waals surface area contributed by atoms with Gasteiger partial charge in [-0.2, -0.15) is 0 Å². The van der Waals surface area contributed by atoms with Crippen molar-refractivity contribution in [3.8, 4) is 50.7 Å². The molecule has 0 amide bonds. The number of rotatable bonds is 5. The zero-order valence-corrected chi connectivity index (χ0v) is 32.7. The lowest BCUT2D eigenvalue weighted by molar-refractivity contribution is 1.16. The maximum absolute atomic E-state index is 5.12. The monoisotopic (exact) mass is 766 g/mol. The summed E-state index contributed by atoms with van der Waals surface area (Å²) in [6.07, 6.45) is 0. The molecule has 0 bridgehead atoms. The van der Waals surface area contributed by atoms with E-state index < -0.39 is 0 Å². The van der Waals surface area contributed by atoms with Crippen molar-refractivity contribution in [3.63, 3.8) is 0 Å². The van der Waals surface area contributed by atoms with Gasteiger partial charge < -0.3 is 9.55 Å². The largest absolute Gasteiger partial charge is 0.355 e. The van der Waals surface area contributed by atoms with Crippen LogP contribution < -0.4 is 0 Å². The predicted molar refractivity (Wildman–Crippen MR) is 251 cm³/mol. The van der Waals surface area contributed by atoms with E-state index in [4.69, 9.17) is 9.97 Å². The number of hydrogen-bond acceptors (Lipinski definition) is 2. The molecule has 1 N–H and O–H groups in total. The molecule has 3 heterocycles. The van der Waals surface area contributed by atoms with Gasteiger partial charge in [0.1, 0.15) is 0 Å². The van der Waals surface area contributed by atoms with Crippen LogP contribution in [-0.4, -0.2) is 19.5 Å². The normalized spacial score (nSPS) is 11.3. The van der Waals surface area contributed by atoms with Crippen molar-refractivity contribution in [1.82, 2.24) is 19.5 Å². The number of fused-ring (bicyclic) bond motifs is 7. The van der Waals surface area contributed by atoms with Crippen LogP contribution in [-0.2, 0) is 0 Å². The van der Waals surface area contributed by atoms with Gasteiger partial charge in [-0.25, -0.2) is 9.97 Å². The number of benzene rings is 9. The van der Waals surface area contributed by atoms with E-state index in [0.29, 0.717) is 5.82 Å². The van der Waals surface area contributed by atoms with Gasteiger partial charge in [0.2, 0.25) is 0 Å². The quantitative estimate of drug-likeness (QED) is 0.190. The molecule has 0 radical (unpaired) electrons. The summed E-state index contributed by atoms with van der Waals surface area (Å²) in [4.78, 5) is 13.6. The Morgan fingerprint density at radius 3 is 1.52 bits per heavy atom. The van der Waals surface area contributed by atoms with E-state index in [1.807, 2.05) is 18.2 Å². The third-order valence-electron chi connectivity index (χ3n) is 11.4. The van der Waals surface area contributed by atoms with Crippen LogP contribution in [0, 0.1) is 0 Å². The first-order chi connectivity index (χ1) is 29.7. The van der Waals surface area contributed by atoms with E-state index in [2.05, 4.69) is 216 Å². The predicted octanol–water partition coefficient (Wildman–Crippen LogP) is 14.7. The molecule has 0 aliphatic heterocycles. The molecule has 0 saturated heterocycles. The smallest absolute Gasteiger partial charge is 0.160 e. The number of aromatic nitrogens is 4. The molecule has 12 aromatic rings. The Labute approximate surface area is 347 Å². The van der Waals surface area contributed by atoms with Crippen molar-refractivity contribution in [3.05, 3.63) is 224 Å². The number of H-pyrrole nitrogens is 1. The molecule has 0 saturated carbocycles. The van der Waals surface area contributed by atoms with Crippen LogP contribution in [0.5, 0.6) is 0 Å². The number of hydrogen-bond donors (Lipinski definition) is 1. The first kappa shape index (κ1) is 35.1. The molecule has 282 valence electrons. The average molecular weight is 767 g/mol. The Hall–Kier alpha value is -8.08. The van der Waals surface area contributed by atoms with Crippen LogP contribution in [0.15, 0.2) is 224 Å². The van der Waals surface area contributed by atoms with Crippen molar-refractivity contribution >= 4 is 54.4 Å². The molecule has 0 atom stereocenters. The van der Waals surface area contributed by atoms with Gasteiger partial charge in [0, 0.05) is 55.0 Å². The Kier molecular flexibility index (Phi) is 8.79. The number of nitrogens with one attached hydrogen (secondary N) is 1. The molecule has 0 fully saturated rings. The number of para-hydroxylation sites is 4. The standard InChI is InChI=1S/C44H29N3.C12H9N/c1-2-12-33(13-3-1)44-45-40(32-24-21-31(22-25-32)35-26-23-30-11-4-5-14-34(30)27-35)29-41(46-44)36-15-10-16-37(28-36)47-42-19-8-6-17-38(42)39-18-7-9-20-43(39)47;1-3-7-11-9(5-1)10-6-2-4-8-12(10)13-11/h1-29H;1-8,13H.